The molecule has 2 aromatic carbocycles. The van der Waals surface area contributed by atoms with Gasteiger partial charge in [0, 0.05) is 27.6 Å². The van der Waals surface area contributed by atoms with Crippen molar-refractivity contribution in [2.24, 2.45) is 0 Å². The number of rotatable bonds is 4. The largest absolute Gasteiger partial charge is 0.381 e. The third-order valence-corrected chi connectivity index (χ3v) is 4.51. The van der Waals surface area contributed by atoms with E-state index in [-0.39, 0.29) is 0 Å². The maximum atomic E-state index is 4.51. The molecule has 21 heavy (non-hydrogen) atoms. The number of hydrogen-bond donors (Lipinski definition) is 1. The van der Waals surface area contributed by atoms with E-state index in [0.29, 0.717) is 0 Å². The van der Waals surface area contributed by atoms with Crippen LogP contribution in [0.4, 0.5) is 5.69 Å². The Kier molecular flexibility index (Phi) is 4.36. The summed E-state index contributed by atoms with van der Waals surface area (Å²) in [5.41, 5.74) is 4.59. The predicted octanol–water partition coefficient (Wildman–Crippen LogP) is 5.49. The standard InChI is InChI=1S/C17H15BrN2S/c1-12-20-17(11-21-12)14-4-8-16(9-5-14)19-10-13-2-6-15(18)7-3-13/h2-9,11,19H,10H2,1H3. The van der Waals surface area contributed by atoms with Gasteiger partial charge in [0.05, 0.1) is 10.7 Å². The summed E-state index contributed by atoms with van der Waals surface area (Å²) in [6.07, 6.45) is 0. The maximum Gasteiger partial charge on any atom is 0.0901 e. The fourth-order valence-corrected chi connectivity index (χ4v) is 2.95. The highest BCUT2D eigenvalue weighted by molar-refractivity contribution is 9.10. The first kappa shape index (κ1) is 14.3. The molecule has 1 aromatic heterocycles. The van der Waals surface area contributed by atoms with Gasteiger partial charge < -0.3 is 5.32 Å². The van der Waals surface area contributed by atoms with Crippen molar-refractivity contribution < 1.29 is 0 Å². The maximum absolute atomic E-state index is 4.51. The molecule has 3 rings (SSSR count). The summed E-state index contributed by atoms with van der Waals surface area (Å²) in [5, 5.41) is 6.63. The van der Waals surface area contributed by atoms with E-state index in [0.717, 1.165) is 33.0 Å². The number of nitrogens with zero attached hydrogens (tertiary/aromatic N) is 1. The van der Waals surface area contributed by atoms with Crippen molar-refractivity contribution in [1.29, 1.82) is 0 Å². The Bertz CT molecular complexity index is 717. The molecule has 0 atom stereocenters. The monoisotopic (exact) mass is 358 g/mol. The van der Waals surface area contributed by atoms with E-state index < -0.39 is 0 Å². The lowest BCUT2D eigenvalue weighted by atomic mass is 10.1. The zero-order valence-corrected chi connectivity index (χ0v) is 14.0. The van der Waals surface area contributed by atoms with Crippen LogP contribution < -0.4 is 5.32 Å². The normalized spacial score (nSPS) is 10.6. The first-order valence-electron chi connectivity index (χ1n) is 6.71. The zero-order chi connectivity index (χ0) is 14.7. The lowest BCUT2D eigenvalue weighted by molar-refractivity contribution is 1.15. The Morgan fingerprint density at radius 1 is 1.05 bits per heavy atom. The molecule has 0 amide bonds. The van der Waals surface area contributed by atoms with Gasteiger partial charge in [0.2, 0.25) is 0 Å². The fourth-order valence-electron chi connectivity index (χ4n) is 2.06. The number of aryl methyl sites for hydroxylation is 1. The first-order valence-corrected chi connectivity index (χ1v) is 8.39. The summed E-state index contributed by atoms with van der Waals surface area (Å²) in [5.74, 6) is 0. The second-order valence-electron chi connectivity index (χ2n) is 4.81. The van der Waals surface area contributed by atoms with Crippen LogP contribution in [-0.4, -0.2) is 4.98 Å². The number of benzene rings is 2. The lowest BCUT2D eigenvalue weighted by Crippen LogP contribution is -1.98. The molecule has 1 N–H and O–H groups in total. The molecule has 0 unspecified atom stereocenters. The third kappa shape index (κ3) is 3.71. The summed E-state index contributed by atoms with van der Waals surface area (Å²) < 4.78 is 1.11. The van der Waals surface area contributed by atoms with Gasteiger partial charge in [-0.2, -0.15) is 0 Å². The molecule has 0 aliphatic heterocycles. The second kappa shape index (κ2) is 6.41. The van der Waals surface area contributed by atoms with Crippen LogP contribution in [0.15, 0.2) is 58.4 Å². The van der Waals surface area contributed by atoms with E-state index in [1.165, 1.54) is 5.56 Å². The van der Waals surface area contributed by atoms with Crippen LogP contribution in [-0.2, 0) is 6.54 Å². The number of halogens is 1. The predicted molar refractivity (Wildman–Crippen MR) is 93.8 cm³/mol. The van der Waals surface area contributed by atoms with Gasteiger partial charge in [-0.25, -0.2) is 4.98 Å². The van der Waals surface area contributed by atoms with Gasteiger partial charge in [-0.05, 0) is 36.8 Å². The number of thiazole rings is 1. The van der Waals surface area contributed by atoms with E-state index in [2.05, 4.69) is 80.1 Å². The molecule has 0 saturated carbocycles. The molecule has 0 radical (unpaired) electrons. The molecule has 0 aliphatic rings. The van der Waals surface area contributed by atoms with E-state index in [9.17, 15) is 0 Å². The van der Waals surface area contributed by atoms with Crippen molar-refractivity contribution in [3.63, 3.8) is 0 Å². The van der Waals surface area contributed by atoms with Gasteiger partial charge in [-0.15, -0.1) is 11.3 Å². The Balaban J connectivity index is 1.65. The van der Waals surface area contributed by atoms with Crippen molar-refractivity contribution in [3.05, 3.63) is 69.0 Å². The van der Waals surface area contributed by atoms with Gasteiger partial charge in [-0.1, -0.05) is 40.2 Å². The molecule has 2 nitrogen and oxygen atoms in total. The minimum absolute atomic E-state index is 0.822. The molecule has 3 aromatic rings. The van der Waals surface area contributed by atoms with Gasteiger partial charge in [-0.3, -0.25) is 0 Å². The average Bonchev–Trinajstić information content (AvgIpc) is 2.94. The Morgan fingerprint density at radius 2 is 1.76 bits per heavy atom. The van der Waals surface area contributed by atoms with E-state index in [1.54, 1.807) is 11.3 Å². The molecular formula is C17H15BrN2S. The molecule has 0 bridgehead atoms. The molecule has 0 spiro atoms. The molecule has 1 heterocycles. The first-order chi connectivity index (χ1) is 10.2. The second-order valence-corrected chi connectivity index (χ2v) is 6.79. The zero-order valence-electron chi connectivity index (χ0n) is 11.6. The Hall–Kier alpha value is -1.65. The number of aromatic nitrogens is 1. The van der Waals surface area contributed by atoms with Crippen LogP contribution >= 0.6 is 27.3 Å². The van der Waals surface area contributed by atoms with Crippen molar-refractivity contribution in [2.45, 2.75) is 13.5 Å². The van der Waals surface area contributed by atoms with Crippen LogP contribution in [0.3, 0.4) is 0 Å². The summed E-state index contributed by atoms with van der Waals surface area (Å²) in [6.45, 7) is 2.85. The van der Waals surface area contributed by atoms with E-state index in [1.807, 2.05) is 6.92 Å². The molecule has 0 fully saturated rings. The highest BCUT2D eigenvalue weighted by Gasteiger charge is 2.02. The van der Waals surface area contributed by atoms with Crippen LogP contribution in [0.5, 0.6) is 0 Å². The highest BCUT2D eigenvalue weighted by atomic mass is 79.9. The van der Waals surface area contributed by atoms with Crippen molar-refractivity contribution in [2.75, 3.05) is 5.32 Å². The van der Waals surface area contributed by atoms with Crippen molar-refractivity contribution in [1.82, 2.24) is 4.98 Å². The summed E-state index contributed by atoms with van der Waals surface area (Å²) in [6, 6.07) is 16.8. The van der Waals surface area contributed by atoms with Crippen molar-refractivity contribution in [3.8, 4) is 11.3 Å². The SMILES string of the molecule is Cc1nc(-c2ccc(NCc3ccc(Br)cc3)cc2)cs1. The number of nitrogens with one attached hydrogen (secondary N) is 1. The number of anilines is 1. The highest BCUT2D eigenvalue weighted by Crippen LogP contribution is 2.23. The van der Waals surface area contributed by atoms with E-state index >= 15 is 0 Å². The quantitative estimate of drug-likeness (QED) is 0.666. The number of hydrogen-bond acceptors (Lipinski definition) is 3. The third-order valence-electron chi connectivity index (χ3n) is 3.21. The minimum atomic E-state index is 0.822. The molecule has 4 heteroatoms. The molecular weight excluding hydrogens is 344 g/mol. The van der Waals surface area contributed by atoms with Gasteiger partial charge in [0.1, 0.15) is 0 Å². The van der Waals surface area contributed by atoms with Crippen molar-refractivity contribution >= 4 is 33.0 Å². The van der Waals surface area contributed by atoms with Crippen LogP contribution in [0.1, 0.15) is 10.6 Å². The molecule has 106 valence electrons. The fraction of sp³-hybridized carbons (Fsp3) is 0.118. The van der Waals surface area contributed by atoms with Crippen LogP contribution in [0.2, 0.25) is 0 Å². The van der Waals surface area contributed by atoms with Crippen LogP contribution in [0.25, 0.3) is 11.3 Å². The Morgan fingerprint density at radius 3 is 2.38 bits per heavy atom. The Labute approximate surface area is 137 Å². The summed E-state index contributed by atoms with van der Waals surface area (Å²) >= 11 is 5.13. The van der Waals surface area contributed by atoms with E-state index in [4.69, 9.17) is 0 Å². The lowest BCUT2D eigenvalue weighted by Gasteiger charge is -2.07. The van der Waals surface area contributed by atoms with Gasteiger partial charge in [0.25, 0.3) is 0 Å². The topological polar surface area (TPSA) is 24.9 Å². The minimum Gasteiger partial charge on any atom is -0.381 e. The van der Waals surface area contributed by atoms with Crippen LogP contribution in [0, 0.1) is 6.92 Å². The van der Waals surface area contributed by atoms with Gasteiger partial charge in [0.15, 0.2) is 0 Å². The molecule has 0 saturated heterocycles. The summed E-state index contributed by atoms with van der Waals surface area (Å²) in [7, 11) is 0. The smallest absolute Gasteiger partial charge is 0.0901 e. The molecule has 0 aliphatic carbocycles. The average molecular weight is 359 g/mol. The van der Waals surface area contributed by atoms with Gasteiger partial charge >= 0.3 is 0 Å². The summed E-state index contributed by atoms with van der Waals surface area (Å²) in [4.78, 5) is 4.51.